The number of nitrogens with one attached hydrogen (secondary N) is 3. The van der Waals surface area contributed by atoms with Gasteiger partial charge in [0.15, 0.2) is 0 Å². The molecule has 1 aromatic heterocycles. The van der Waals surface area contributed by atoms with Crippen LogP contribution in [0.25, 0.3) is 22.2 Å². The van der Waals surface area contributed by atoms with Gasteiger partial charge in [-0.05, 0) is 58.4 Å². The minimum absolute atomic E-state index is 0.00383. The van der Waals surface area contributed by atoms with Crippen LogP contribution in [0.3, 0.4) is 0 Å². The number of hydrogen-bond acceptors (Lipinski definition) is 10. The summed E-state index contributed by atoms with van der Waals surface area (Å²) in [5.74, 6) is -1.78. The van der Waals surface area contributed by atoms with E-state index in [9.17, 15) is 27.6 Å². The molecular weight excluding hydrogens is 739 g/mol. The van der Waals surface area contributed by atoms with E-state index in [1.54, 1.807) is 52.1 Å². The summed E-state index contributed by atoms with van der Waals surface area (Å²) in [6.45, 7) is 10.3. The summed E-state index contributed by atoms with van der Waals surface area (Å²) in [6.07, 6.45) is -0.00230. The largest absolute Gasteiger partial charge is 0.497 e. The van der Waals surface area contributed by atoms with E-state index in [2.05, 4.69) is 21.9 Å². The second-order valence-corrected chi connectivity index (χ2v) is 16.5. The normalized spacial score (nSPS) is 21.0. The van der Waals surface area contributed by atoms with Gasteiger partial charge >= 0.3 is 6.09 Å². The van der Waals surface area contributed by atoms with Crippen LogP contribution in [-0.4, -0.2) is 85.1 Å². The molecule has 5 atom stereocenters. The summed E-state index contributed by atoms with van der Waals surface area (Å²) in [5, 5.41) is 5.98. The molecule has 1 aliphatic heterocycles. The summed E-state index contributed by atoms with van der Waals surface area (Å²) in [4.78, 5) is 60.8. The molecule has 3 aromatic carbocycles. The fourth-order valence-electron chi connectivity index (χ4n) is 6.72. The smallest absolute Gasteiger partial charge is 0.408 e. The van der Waals surface area contributed by atoms with Gasteiger partial charge in [0.25, 0.3) is 15.9 Å². The van der Waals surface area contributed by atoms with E-state index in [0.29, 0.717) is 28.1 Å². The molecule has 2 aliphatic rings. The Kier molecular flexibility index (Phi) is 11.1. The topological polar surface area (TPSA) is 182 Å². The number of sulfonamides is 1. The van der Waals surface area contributed by atoms with Crippen LogP contribution in [-0.2, 0) is 29.1 Å². The summed E-state index contributed by atoms with van der Waals surface area (Å²) in [7, 11) is -2.72. The van der Waals surface area contributed by atoms with Crippen molar-refractivity contribution in [1.82, 2.24) is 25.2 Å². The van der Waals surface area contributed by atoms with Gasteiger partial charge in [-0.25, -0.2) is 22.9 Å². The van der Waals surface area contributed by atoms with E-state index in [1.165, 1.54) is 42.2 Å². The average Bonchev–Trinajstić information content (AvgIpc) is 3.72. The number of benzene rings is 3. The summed E-state index contributed by atoms with van der Waals surface area (Å²) < 4.78 is 45.7. The second-order valence-electron chi connectivity index (χ2n) is 14.9. The Morgan fingerprint density at radius 3 is 2.30 bits per heavy atom. The number of pyridine rings is 1. The van der Waals surface area contributed by atoms with Crippen LogP contribution in [0.4, 0.5) is 4.79 Å². The van der Waals surface area contributed by atoms with Gasteiger partial charge in [-0.2, -0.15) is 0 Å². The molecule has 0 radical (unpaired) electrons. The molecule has 2 fully saturated rings. The maximum Gasteiger partial charge on any atom is 0.408 e. The Labute approximate surface area is 325 Å². The van der Waals surface area contributed by atoms with Crippen LogP contribution in [0.1, 0.15) is 40.5 Å². The van der Waals surface area contributed by atoms with Gasteiger partial charge in [-0.3, -0.25) is 14.4 Å². The van der Waals surface area contributed by atoms with Crippen molar-refractivity contribution in [1.29, 1.82) is 0 Å². The van der Waals surface area contributed by atoms with Crippen LogP contribution >= 0.6 is 0 Å². The molecule has 6 rings (SSSR count). The summed E-state index contributed by atoms with van der Waals surface area (Å²) >= 11 is 0. The first-order valence-electron chi connectivity index (χ1n) is 18.1. The molecule has 0 unspecified atom stereocenters. The van der Waals surface area contributed by atoms with Gasteiger partial charge in [0.05, 0.1) is 29.8 Å². The zero-order valence-electron chi connectivity index (χ0n) is 31.8. The lowest BCUT2D eigenvalue weighted by atomic mass is 10.1. The Morgan fingerprint density at radius 1 is 1.00 bits per heavy atom. The maximum atomic E-state index is 14.3. The van der Waals surface area contributed by atoms with E-state index < -0.39 is 69.1 Å². The molecule has 15 heteroatoms. The third-order valence-electron chi connectivity index (χ3n) is 9.63. The van der Waals surface area contributed by atoms with Crippen LogP contribution in [0.15, 0.2) is 102 Å². The van der Waals surface area contributed by atoms with E-state index in [-0.39, 0.29) is 24.3 Å². The van der Waals surface area contributed by atoms with Gasteiger partial charge < -0.3 is 29.7 Å². The number of carbonyl (C=O) groups is 4. The Balaban J connectivity index is 1.30. The molecular formula is C41H45N5O9S. The molecule has 2 heterocycles. The first-order valence-corrected chi connectivity index (χ1v) is 19.6. The highest BCUT2D eigenvalue weighted by molar-refractivity contribution is 7.90. The highest BCUT2D eigenvalue weighted by atomic mass is 32.2. The number of ether oxygens (including phenoxy) is 3. The highest BCUT2D eigenvalue weighted by Gasteiger charge is 2.61. The number of methoxy groups -OCH3 is 1. The minimum atomic E-state index is -4.27. The predicted octanol–water partition coefficient (Wildman–Crippen LogP) is 4.74. The van der Waals surface area contributed by atoms with Gasteiger partial charge in [-0.15, -0.1) is 6.58 Å². The van der Waals surface area contributed by atoms with Gasteiger partial charge in [0, 0.05) is 35.4 Å². The molecule has 4 amide bonds. The molecule has 4 aromatic rings. The number of aromatic nitrogens is 1. The lowest BCUT2D eigenvalue weighted by Crippen LogP contribution is -2.58. The van der Waals surface area contributed by atoms with Crippen molar-refractivity contribution >= 4 is 44.7 Å². The number of carbonyl (C=O) groups excluding carboxylic acids is 4. The number of rotatable bonds is 12. The van der Waals surface area contributed by atoms with E-state index >= 15 is 0 Å². The summed E-state index contributed by atoms with van der Waals surface area (Å²) in [6, 6.07) is 21.8. The number of amides is 4. The van der Waals surface area contributed by atoms with E-state index in [0.717, 1.165) is 5.56 Å². The van der Waals surface area contributed by atoms with Crippen molar-refractivity contribution < 1.29 is 41.8 Å². The molecule has 3 N–H and O–H groups in total. The predicted molar refractivity (Wildman–Crippen MR) is 208 cm³/mol. The number of nitrogens with zero attached hydrogens (tertiary/aromatic N) is 2. The van der Waals surface area contributed by atoms with Crippen LogP contribution in [0, 0.1) is 5.92 Å². The third kappa shape index (κ3) is 8.62. The Bertz CT molecular complexity index is 2260. The van der Waals surface area contributed by atoms with Gasteiger partial charge in [-0.1, -0.05) is 54.6 Å². The Morgan fingerprint density at radius 2 is 1.68 bits per heavy atom. The van der Waals surface area contributed by atoms with Crippen molar-refractivity contribution in [2.24, 2.45) is 5.92 Å². The number of fused-ring (bicyclic) bond motifs is 1. The fourth-order valence-corrected chi connectivity index (χ4v) is 7.78. The molecule has 1 saturated heterocycles. The number of hydrogen-bond donors (Lipinski definition) is 3. The van der Waals surface area contributed by atoms with Crippen LogP contribution in [0.2, 0.25) is 0 Å². The molecule has 0 spiro atoms. The first-order chi connectivity index (χ1) is 26.5. The zero-order chi connectivity index (χ0) is 40.4. The quantitative estimate of drug-likeness (QED) is 0.170. The summed E-state index contributed by atoms with van der Waals surface area (Å²) in [5.41, 5.74) is -0.409. The monoisotopic (exact) mass is 783 g/mol. The number of likely N-dealkylation sites (tertiary alicyclic amines) is 1. The maximum absolute atomic E-state index is 14.3. The standard InChI is InChI=1S/C41H45N5O9S/c1-7-27-23-41(27,38(49)45-56(51,52)30-16-12-9-13-17-30)44-36(47)34-21-29(24-46(34)37(48)25(2)42-39(50)55-40(3,4)5)54-35-22-32(26-14-10-8-11-15-26)43-33-20-28(53-6)18-19-31(33)35/h7-20,22,25,27,29,34H,1,21,23-24H2,2-6H3,(H,42,50)(H,44,47)(H,45,49)/t25-,27-,29-,34+,41-/m1/s1. The Hall–Kier alpha value is -5.96. The van der Waals surface area contributed by atoms with Crippen LogP contribution in [0.5, 0.6) is 11.5 Å². The minimum Gasteiger partial charge on any atom is -0.497 e. The van der Waals surface area contributed by atoms with Crippen molar-refractivity contribution in [2.75, 3.05) is 13.7 Å². The van der Waals surface area contributed by atoms with Crippen molar-refractivity contribution in [3.05, 3.63) is 97.6 Å². The molecule has 1 saturated carbocycles. The lowest BCUT2D eigenvalue weighted by Gasteiger charge is -2.29. The van der Waals surface area contributed by atoms with Crippen LogP contribution < -0.4 is 24.8 Å². The zero-order valence-corrected chi connectivity index (χ0v) is 32.6. The molecule has 294 valence electrons. The molecule has 56 heavy (non-hydrogen) atoms. The van der Waals surface area contributed by atoms with E-state index in [1.807, 2.05) is 36.4 Å². The SMILES string of the molecule is C=C[C@@H]1C[C@]1(NC(=O)[C@@H]1C[C@@H](Oc2cc(-c3ccccc3)nc3cc(OC)ccc23)CN1C(=O)[C@@H](C)NC(=O)OC(C)(C)C)C(=O)NS(=O)(=O)c1ccccc1. The van der Waals surface area contributed by atoms with Crippen molar-refractivity contribution in [3.63, 3.8) is 0 Å². The first kappa shape index (κ1) is 39.7. The highest BCUT2D eigenvalue weighted by Crippen LogP contribution is 2.45. The molecule has 0 bridgehead atoms. The van der Waals surface area contributed by atoms with Crippen molar-refractivity contribution in [2.45, 2.75) is 74.8 Å². The van der Waals surface area contributed by atoms with Gasteiger partial charge in [0.2, 0.25) is 11.8 Å². The van der Waals surface area contributed by atoms with Crippen molar-refractivity contribution in [3.8, 4) is 22.8 Å². The average molecular weight is 784 g/mol. The van der Waals surface area contributed by atoms with E-state index in [4.69, 9.17) is 19.2 Å². The third-order valence-corrected chi connectivity index (χ3v) is 11.0. The molecule has 14 nitrogen and oxygen atoms in total. The second kappa shape index (κ2) is 15.6. The fraction of sp³-hybridized carbons (Fsp3) is 0.341. The lowest BCUT2D eigenvalue weighted by molar-refractivity contribution is -0.140. The number of alkyl carbamates (subject to hydrolysis) is 1. The molecule has 1 aliphatic carbocycles. The van der Waals surface area contributed by atoms with Gasteiger partial charge in [0.1, 0.15) is 40.8 Å².